The highest BCUT2D eigenvalue weighted by Gasteiger charge is 2.05. The first kappa shape index (κ1) is 9.26. The first-order valence-electron chi connectivity index (χ1n) is 4.27. The number of nitrogens with zero attached hydrogens (tertiary/aromatic N) is 2. The Labute approximate surface area is 73.0 Å². The molecule has 1 unspecified atom stereocenters. The van der Waals surface area contributed by atoms with Crippen molar-refractivity contribution in [2.24, 2.45) is 7.05 Å². The van der Waals surface area contributed by atoms with Gasteiger partial charge in [0, 0.05) is 12.7 Å². The van der Waals surface area contributed by atoms with Crippen molar-refractivity contribution in [3.05, 3.63) is 17.5 Å². The lowest BCUT2D eigenvalue weighted by Gasteiger charge is -2.05. The topological polar surface area (TPSA) is 38.0 Å². The van der Waals surface area contributed by atoms with Crippen LogP contribution in [0, 0.1) is 6.92 Å². The molecule has 0 aromatic carbocycles. The normalized spacial score (nSPS) is 13.3. The van der Waals surface area contributed by atoms with Crippen molar-refractivity contribution in [1.29, 1.82) is 0 Å². The monoisotopic (exact) mass is 168 g/mol. The van der Waals surface area contributed by atoms with Crippen molar-refractivity contribution < 1.29 is 5.11 Å². The molecule has 0 saturated carbocycles. The zero-order valence-electron chi connectivity index (χ0n) is 7.91. The molecule has 0 fully saturated rings. The standard InChI is InChI=1S/C9H16N2O/c1-7-6-10-11(3)9(7)5-4-8(2)12/h6,8,12H,4-5H2,1-3H3. The summed E-state index contributed by atoms with van der Waals surface area (Å²) in [4.78, 5) is 0. The molecular formula is C9H16N2O. The molecular weight excluding hydrogens is 152 g/mol. The minimum atomic E-state index is -0.223. The lowest BCUT2D eigenvalue weighted by atomic mass is 10.1. The van der Waals surface area contributed by atoms with E-state index in [1.807, 2.05) is 31.8 Å². The van der Waals surface area contributed by atoms with Gasteiger partial charge in [-0.2, -0.15) is 5.10 Å². The molecule has 1 heterocycles. The van der Waals surface area contributed by atoms with Gasteiger partial charge in [-0.3, -0.25) is 4.68 Å². The summed E-state index contributed by atoms with van der Waals surface area (Å²) in [6.45, 7) is 3.86. The van der Waals surface area contributed by atoms with E-state index >= 15 is 0 Å². The Hall–Kier alpha value is -0.830. The highest BCUT2D eigenvalue weighted by atomic mass is 16.3. The fourth-order valence-corrected chi connectivity index (χ4v) is 1.28. The maximum absolute atomic E-state index is 9.10. The molecule has 0 aliphatic rings. The Morgan fingerprint density at radius 3 is 2.75 bits per heavy atom. The van der Waals surface area contributed by atoms with Crippen molar-refractivity contribution in [3.63, 3.8) is 0 Å². The predicted molar refractivity (Wildman–Crippen MR) is 47.9 cm³/mol. The summed E-state index contributed by atoms with van der Waals surface area (Å²) >= 11 is 0. The second kappa shape index (κ2) is 3.72. The van der Waals surface area contributed by atoms with Gasteiger partial charge in [0.25, 0.3) is 0 Å². The summed E-state index contributed by atoms with van der Waals surface area (Å²) in [5.74, 6) is 0. The second-order valence-electron chi connectivity index (χ2n) is 3.29. The summed E-state index contributed by atoms with van der Waals surface area (Å²) in [6.07, 6.45) is 3.34. The van der Waals surface area contributed by atoms with Crippen LogP contribution >= 0.6 is 0 Å². The van der Waals surface area contributed by atoms with Crippen molar-refractivity contribution in [2.75, 3.05) is 0 Å². The summed E-state index contributed by atoms with van der Waals surface area (Å²) in [7, 11) is 1.93. The minimum absolute atomic E-state index is 0.223. The lowest BCUT2D eigenvalue weighted by molar-refractivity contribution is 0.184. The maximum Gasteiger partial charge on any atom is 0.0521 e. The Morgan fingerprint density at radius 1 is 1.67 bits per heavy atom. The molecule has 0 aliphatic heterocycles. The second-order valence-corrected chi connectivity index (χ2v) is 3.29. The Balaban J connectivity index is 2.62. The molecule has 1 N–H and O–H groups in total. The molecule has 1 aromatic heterocycles. The molecule has 0 bridgehead atoms. The lowest BCUT2D eigenvalue weighted by Crippen LogP contribution is -2.06. The number of aromatic nitrogens is 2. The fourth-order valence-electron chi connectivity index (χ4n) is 1.28. The average molecular weight is 168 g/mol. The third-order valence-electron chi connectivity index (χ3n) is 2.07. The molecule has 0 amide bonds. The fraction of sp³-hybridized carbons (Fsp3) is 0.667. The Bertz CT molecular complexity index is 234. The molecule has 3 heteroatoms. The van der Waals surface area contributed by atoms with E-state index in [-0.39, 0.29) is 6.10 Å². The van der Waals surface area contributed by atoms with Crippen molar-refractivity contribution in [3.8, 4) is 0 Å². The van der Waals surface area contributed by atoms with Crippen LogP contribution in [0.25, 0.3) is 0 Å². The van der Waals surface area contributed by atoms with E-state index in [1.165, 1.54) is 11.3 Å². The summed E-state index contributed by atoms with van der Waals surface area (Å²) in [5.41, 5.74) is 2.43. The van der Waals surface area contributed by atoms with Gasteiger partial charge in [-0.25, -0.2) is 0 Å². The molecule has 1 rings (SSSR count). The van der Waals surface area contributed by atoms with Crippen molar-refractivity contribution in [1.82, 2.24) is 9.78 Å². The van der Waals surface area contributed by atoms with Crippen LogP contribution in [0.5, 0.6) is 0 Å². The summed E-state index contributed by atoms with van der Waals surface area (Å²) < 4.78 is 1.87. The van der Waals surface area contributed by atoms with Crippen molar-refractivity contribution in [2.45, 2.75) is 32.8 Å². The van der Waals surface area contributed by atoms with Crippen LogP contribution in [0.3, 0.4) is 0 Å². The van der Waals surface area contributed by atoms with Gasteiger partial charge >= 0.3 is 0 Å². The van der Waals surface area contributed by atoms with Gasteiger partial charge in [0.05, 0.1) is 12.3 Å². The van der Waals surface area contributed by atoms with E-state index in [1.54, 1.807) is 0 Å². The number of aliphatic hydroxyl groups is 1. The van der Waals surface area contributed by atoms with Gasteiger partial charge in [0.15, 0.2) is 0 Å². The van der Waals surface area contributed by atoms with Crippen LogP contribution in [-0.4, -0.2) is 21.0 Å². The SMILES string of the molecule is Cc1cnn(C)c1CCC(C)O. The molecule has 68 valence electrons. The van der Waals surface area contributed by atoms with Gasteiger partial charge in [0.2, 0.25) is 0 Å². The highest BCUT2D eigenvalue weighted by Crippen LogP contribution is 2.09. The maximum atomic E-state index is 9.10. The van der Waals surface area contributed by atoms with Crippen LogP contribution in [0.2, 0.25) is 0 Å². The van der Waals surface area contributed by atoms with Crippen LogP contribution in [0.1, 0.15) is 24.6 Å². The number of aryl methyl sites for hydroxylation is 2. The van der Waals surface area contributed by atoms with Gasteiger partial charge in [-0.15, -0.1) is 0 Å². The smallest absolute Gasteiger partial charge is 0.0521 e. The molecule has 3 nitrogen and oxygen atoms in total. The Kier molecular flexibility index (Phi) is 2.87. The van der Waals surface area contributed by atoms with Crippen LogP contribution < -0.4 is 0 Å². The molecule has 0 saturated heterocycles. The molecule has 1 aromatic rings. The first-order valence-corrected chi connectivity index (χ1v) is 4.27. The van der Waals surface area contributed by atoms with Gasteiger partial charge in [-0.05, 0) is 32.3 Å². The van der Waals surface area contributed by atoms with E-state index < -0.39 is 0 Å². The first-order chi connectivity index (χ1) is 5.61. The number of aliphatic hydroxyl groups excluding tert-OH is 1. The zero-order valence-corrected chi connectivity index (χ0v) is 7.91. The summed E-state index contributed by atoms with van der Waals surface area (Å²) in [5, 5.41) is 13.2. The number of rotatable bonds is 3. The van der Waals surface area contributed by atoms with Gasteiger partial charge in [0.1, 0.15) is 0 Å². The van der Waals surface area contributed by atoms with Crippen LogP contribution in [0.15, 0.2) is 6.20 Å². The molecule has 12 heavy (non-hydrogen) atoms. The van der Waals surface area contributed by atoms with Gasteiger partial charge < -0.3 is 5.11 Å². The number of hydrogen-bond donors (Lipinski definition) is 1. The predicted octanol–water partition coefficient (Wildman–Crippen LogP) is 1.04. The third-order valence-corrected chi connectivity index (χ3v) is 2.07. The quantitative estimate of drug-likeness (QED) is 0.732. The van der Waals surface area contributed by atoms with E-state index in [9.17, 15) is 0 Å². The molecule has 1 atom stereocenters. The Morgan fingerprint density at radius 2 is 2.33 bits per heavy atom. The van der Waals surface area contributed by atoms with E-state index in [0.717, 1.165) is 12.8 Å². The van der Waals surface area contributed by atoms with Crippen molar-refractivity contribution >= 4 is 0 Å². The minimum Gasteiger partial charge on any atom is -0.393 e. The van der Waals surface area contributed by atoms with E-state index in [2.05, 4.69) is 5.10 Å². The van der Waals surface area contributed by atoms with Crippen LogP contribution in [-0.2, 0) is 13.5 Å². The van der Waals surface area contributed by atoms with Gasteiger partial charge in [-0.1, -0.05) is 0 Å². The third kappa shape index (κ3) is 2.08. The number of hydrogen-bond acceptors (Lipinski definition) is 2. The zero-order chi connectivity index (χ0) is 9.14. The average Bonchev–Trinajstić information content (AvgIpc) is 2.28. The van der Waals surface area contributed by atoms with E-state index in [0.29, 0.717) is 0 Å². The molecule has 0 radical (unpaired) electrons. The highest BCUT2D eigenvalue weighted by molar-refractivity contribution is 5.15. The largest absolute Gasteiger partial charge is 0.393 e. The van der Waals surface area contributed by atoms with Crippen LogP contribution in [0.4, 0.5) is 0 Å². The van der Waals surface area contributed by atoms with E-state index in [4.69, 9.17) is 5.11 Å². The molecule has 0 aliphatic carbocycles. The molecule has 0 spiro atoms. The summed E-state index contributed by atoms with van der Waals surface area (Å²) in [6, 6.07) is 0.